The lowest BCUT2D eigenvalue weighted by Crippen LogP contribution is -2.15. The smallest absolute Gasteiger partial charge is 0.280 e. The molecule has 6 nitrogen and oxygen atoms in total. The number of para-hydroxylation sites is 1. The van der Waals surface area contributed by atoms with Gasteiger partial charge in [-0.1, -0.05) is 18.2 Å². The maximum absolute atomic E-state index is 12.2. The van der Waals surface area contributed by atoms with Crippen LogP contribution in [0.4, 0.5) is 5.69 Å². The number of rotatable bonds is 4. The standard InChI is InChI=1S/C12H16N4O2S/c1-9-14-12(8-16(9)2)19(17,18)15-11-6-4-3-5-10(11)7-13/h3-6,8,15H,7,13H2,1-2H3. The quantitative estimate of drug-likeness (QED) is 0.873. The fraction of sp³-hybridized carbons (Fsp3) is 0.250. The van der Waals surface area contributed by atoms with Gasteiger partial charge in [-0.05, 0) is 18.6 Å². The summed E-state index contributed by atoms with van der Waals surface area (Å²) in [5.74, 6) is 0.632. The number of sulfonamides is 1. The predicted octanol–water partition coefficient (Wildman–Crippen LogP) is 0.988. The van der Waals surface area contributed by atoms with E-state index in [2.05, 4.69) is 9.71 Å². The first-order valence-corrected chi connectivity index (χ1v) is 7.23. The molecule has 7 heteroatoms. The van der Waals surface area contributed by atoms with Crippen molar-refractivity contribution in [1.29, 1.82) is 0 Å². The Balaban J connectivity index is 2.36. The Morgan fingerprint density at radius 2 is 2.05 bits per heavy atom. The molecule has 3 N–H and O–H groups in total. The van der Waals surface area contributed by atoms with Gasteiger partial charge in [0.25, 0.3) is 10.0 Å². The van der Waals surface area contributed by atoms with E-state index in [1.165, 1.54) is 6.20 Å². The molecule has 0 aliphatic heterocycles. The van der Waals surface area contributed by atoms with Crippen molar-refractivity contribution in [3.05, 3.63) is 41.9 Å². The highest BCUT2D eigenvalue weighted by molar-refractivity contribution is 7.92. The van der Waals surface area contributed by atoms with Crippen molar-refractivity contribution in [3.63, 3.8) is 0 Å². The third-order valence-corrected chi connectivity index (χ3v) is 4.08. The van der Waals surface area contributed by atoms with E-state index in [9.17, 15) is 8.42 Å². The van der Waals surface area contributed by atoms with Crippen molar-refractivity contribution in [1.82, 2.24) is 9.55 Å². The van der Waals surface area contributed by atoms with E-state index in [0.29, 0.717) is 11.5 Å². The number of hydrogen-bond acceptors (Lipinski definition) is 4. The highest BCUT2D eigenvalue weighted by Gasteiger charge is 2.19. The van der Waals surface area contributed by atoms with Gasteiger partial charge in [0.15, 0.2) is 5.03 Å². The minimum atomic E-state index is -3.69. The number of hydrogen-bond donors (Lipinski definition) is 2. The van der Waals surface area contributed by atoms with Crippen LogP contribution in [0.25, 0.3) is 0 Å². The molecule has 0 atom stereocenters. The summed E-state index contributed by atoms with van der Waals surface area (Å²) >= 11 is 0. The third kappa shape index (κ3) is 2.77. The van der Waals surface area contributed by atoms with Crippen molar-refractivity contribution in [3.8, 4) is 0 Å². The number of aryl methyl sites for hydroxylation is 2. The van der Waals surface area contributed by atoms with Gasteiger partial charge in [0.05, 0.1) is 5.69 Å². The molecule has 0 saturated carbocycles. The third-order valence-electron chi connectivity index (χ3n) is 2.84. The van der Waals surface area contributed by atoms with E-state index < -0.39 is 10.0 Å². The molecule has 1 aromatic heterocycles. The molecule has 0 fully saturated rings. The van der Waals surface area contributed by atoms with E-state index in [1.807, 2.05) is 6.07 Å². The Morgan fingerprint density at radius 1 is 1.37 bits per heavy atom. The molecule has 2 rings (SSSR count). The summed E-state index contributed by atoms with van der Waals surface area (Å²) in [5.41, 5.74) is 6.80. The normalized spacial score (nSPS) is 11.5. The second kappa shape index (κ2) is 5.02. The Morgan fingerprint density at radius 3 is 2.63 bits per heavy atom. The summed E-state index contributed by atoms with van der Waals surface area (Å²) in [4.78, 5) is 4.01. The van der Waals surface area contributed by atoms with Crippen LogP contribution < -0.4 is 10.5 Å². The average Bonchev–Trinajstić information content (AvgIpc) is 2.71. The van der Waals surface area contributed by atoms with Crippen LogP contribution in [0.5, 0.6) is 0 Å². The second-order valence-corrected chi connectivity index (χ2v) is 5.83. The highest BCUT2D eigenvalue weighted by Crippen LogP contribution is 2.19. The summed E-state index contributed by atoms with van der Waals surface area (Å²) in [6, 6.07) is 7.02. The summed E-state index contributed by atoms with van der Waals surface area (Å²) in [6.45, 7) is 2.01. The first-order valence-electron chi connectivity index (χ1n) is 5.75. The van der Waals surface area contributed by atoms with Gasteiger partial charge in [0.1, 0.15) is 5.82 Å². The highest BCUT2D eigenvalue weighted by atomic mass is 32.2. The predicted molar refractivity (Wildman–Crippen MR) is 73.1 cm³/mol. The van der Waals surface area contributed by atoms with Crippen LogP contribution in [0, 0.1) is 6.92 Å². The zero-order chi connectivity index (χ0) is 14.0. The molecular weight excluding hydrogens is 264 g/mol. The molecule has 19 heavy (non-hydrogen) atoms. The number of aromatic nitrogens is 2. The van der Waals surface area contributed by atoms with E-state index in [0.717, 1.165) is 5.56 Å². The molecule has 0 amide bonds. The van der Waals surface area contributed by atoms with Crippen molar-refractivity contribution in [2.24, 2.45) is 12.8 Å². The number of benzene rings is 1. The number of nitrogens with one attached hydrogen (secondary N) is 1. The maximum Gasteiger partial charge on any atom is 0.280 e. The maximum atomic E-state index is 12.2. The van der Waals surface area contributed by atoms with Crippen molar-refractivity contribution in [2.75, 3.05) is 4.72 Å². The van der Waals surface area contributed by atoms with Crippen molar-refractivity contribution >= 4 is 15.7 Å². The Labute approximate surface area is 112 Å². The lowest BCUT2D eigenvalue weighted by Gasteiger charge is -2.09. The molecular formula is C12H16N4O2S. The largest absolute Gasteiger partial charge is 0.337 e. The molecule has 0 aliphatic rings. The first kappa shape index (κ1) is 13.6. The minimum absolute atomic E-state index is 0.000625. The Bertz CT molecular complexity index is 672. The molecule has 1 aromatic carbocycles. The van der Waals surface area contributed by atoms with Crippen LogP contribution in [0.2, 0.25) is 0 Å². The van der Waals surface area contributed by atoms with Gasteiger partial charge >= 0.3 is 0 Å². The van der Waals surface area contributed by atoms with Crippen LogP contribution in [0.15, 0.2) is 35.5 Å². The first-order chi connectivity index (χ1) is 8.94. The average molecular weight is 280 g/mol. The van der Waals surface area contributed by atoms with E-state index in [1.54, 1.807) is 36.7 Å². The molecule has 0 spiro atoms. The number of imidazole rings is 1. The van der Waals surface area contributed by atoms with Crippen molar-refractivity contribution < 1.29 is 8.42 Å². The van der Waals surface area contributed by atoms with Gasteiger partial charge in [-0.2, -0.15) is 8.42 Å². The molecule has 0 saturated heterocycles. The monoisotopic (exact) mass is 280 g/mol. The molecule has 0 radical (unpaired) electrons. The van der Waals surface area contributed by atoms with Gasteiger partial charge in [-0.15, -0.1) is 0 Å². The van der Waals surface area contributed by atoms with Crippen LogP contribution in [-0.2, 0) is 23.6 Å². The topological polar surface area (TPSA) is 90.0 Å². The zero-order valence-electron chi connectivity index (χ0n) is 10.8. The fourth-order valence-electron chi connectivity index (χ4n) is 1.65. The number of anilines is 1. The van der Waals surface area contributed by atoms with E-state index in [-0.39, 0.29) is 11.6 Å². The van der Waals surface area contributed by atoms with E-state index in [4.69, 9.17) is 5.73 Å². The van der Waals surface area contributed by atoms with Crippen LogP contribution in [0.3, 0.4) is 0 Å². The number of nitrogens with two attached hydrogens (primary N) is 1. The molecule has 2 aromatic rings. The molecule has 0 aliphatic carbocycles. The van der Waals surface area contributed by atoms with Crippen LogP contribution in [-0.4, -0.2) is 18.0 Å². The van der Waals surface area contributed by atoms with E-state index >= 15 is 0 Å². The number of nitrogens with zero attached hydrogens (tertiary/aromatic N) is 2. The summed E-state index contributed by atoms with van der Waals surface area (Å²) in [7, 11) is -1.94. The Hall–Kier alpha value is -1.86. The zero-order valence-corrected chi connectivity index (χ0v) is 11.6. The molecule has 1 heterocycles. The lowest BCUT2D eigenvalue weighted by molar-refractivity contribution is 0.598. The van der Waals surface area contributed by atoms with Crippen LogP contribution in [0.1, 0.15) is 11.4 Å². The summed E-state index contributed by atoms with van der Waals surface area (Å²) in [6.07, 6.45) is 1.47. The van der Waals surface area contributed by atoms with Crippen molar-refractivity contribution in [2.45, 2.75) is 18.5 Å². The van der Waals surface area contributed by atoms with Gasteiger partial charge < -0.3 is 10.3 Å². The fourth-order valence-corrected chi connectivity index (χ4v) is 2.79. The molecule has 0 unspecified atom stereocenters. The second-order valence-electron chi connectivity index (χ2n) is 4.20. The summed E-state index contributed by atoms with van der Waals surface area (Å²) < 4.78 is 28.6. The van der Waals surface area contributed by atoms with Gasteiger partial charge in [0, 0.05) is 19.8 Å². The lowest BCUT2D eigenvalue weighted by atomic mass is 10.2. The minimum Gasteiger partial charge on any atom is -0.337 e. The SMILES string of the molecule is Cc1nc(S(=O)(=O)Nc2ccccc2CN)cn1C. The van der Waals surface area contributed by atoms with Gasteiger partial charge in [0.2, 0.25) is 0 Å². The van der Waals surface area contributed by atoms with Gasteiger partial charge in [-0.25, -0.2) is 4.98 Å². The molecule has 0 bridgehead atoms. The molecule has 102 valence electrons. The Kier molecular flexibility index (Phi) is 3.59. The van der Waals surface area contributed by atoms with Gasteiger partial charge in [-0.3, -0.25) is 4.72 Å². The van der Waals surface area contributed by atoms with Crippen LogP contribution >= 0.6 is 0 Å². The summed E-state index contributed by atoms with van der Waals surface area (Å²) in [5, 5.41) is -0.000625.